The van der Waals surface area contributed by atoms with Crippen molar-refractivity contribution in [3.05, 3.63) is 54.1 Å². The molecule has 112 valence electrons. The van der Waals surface area contributed by atoms with Crippen LogP contribution in [0.25, 0.3) is 11.0 Å². The van der Waals surface area contributed by atoms with Crippen molar-refractivity contribution in [2.24, 2.45) is 7.05 Å². The molecule has 0 saturated carbocycles. The first kappa shape index (κ1) is 14.3. The number of nitrogens with zero attached hydrogens (tertiary/aromatic N) is 3. The summed E-state index contributed by atoms with van der Waals surface area (Å²) in [7, 11) is 2.01. The molecule has 0 saturated heterocycles. The molecule has 5 heteroatoms. The van der Waals surface area contributed by atoms with Gasteiger partial charge in [-0.05, 0) is 30.3 Å². The predicted molar refractivity (Wildman–Crippen MR) is 87.0 cm³/mol. The number of imidazole rings is 1. The molecule has 0 atom stereocenters. The highest BCUT2D eigenvalue weighted by molar-refractivity contribution is 6.04. The van der Waals surface area contributed by atoms with Gasteiger partial charge in [-0.2, -0.15) is 0 Å². The number of anilines is 1. The minimum atomic E-state index is -0.151. The average molecular weight is 294 g/mol. The van der Waals surface area contributed by atoms with Crippen LogP contribution in [0.15, 0.2) is 42.7 Å². The van der Waals surface area contributed by atoms with Gasteiger partial charge in [0.15, 0.2) is 0 Å². The molecule has 5 nitrogen and oxygen atoms in total. The van der Waals surface area contributed by atoms with Gasteiger partial charge in [-0.3, -0.25) is 9.78 Å². The molecule has 3 aromatic rings. The molecule has 0 fully saturated rings. The monoisotopic (exact) mass is 294 g/mol. The fraction of sp³-hybridized carbons (Fsp3) is 0.235. The van der Waals surface area contributed by atoms with Gasteiger partial charge in [0.25, 0.3) is 5.91 Å². The number of carbonyl (C=O) groups is 1. The van der Waals surface area contributed by atoms with Crippen LogP contribution >= 0.6 is 0 Å². The number of amides is 1. The van der Waals surface area contributed by atoms with Crippen molar-refractivity contribution in [2.75, 3.05) is 5.32 Å². The zero-order chi connectivity index (χ0) is 15.7. The van der Waals surface area contributed by atoms with Crippen molar-refractivity contribution in [1.29, 1.82) is 0 Å². The normalized spacial score (nSPS) is 11.1. The van der Waals surface area contributed by atoms with Crippen molar-refractivity contribution in [1.82, 2.24) is 14.5 Å². The molecule has 1 aromatic carbocycles. The van der Waals surface area contributed by atoms with Crippen LogP contribution in [-0.2, 0) is 7.05 Å². The number of aryl methyl sites for hydroxylation is 1. The van der Waals surface area contributed by atoms with Crippen LogP contribution in [0.4, 0.5) is 5.69 Å². The largest absolute Gasteiger partial charge is 0.331 e. The Balaban J connectivity index is 1.91. The number of benzene rings is 1. The second kappa shape index (κ2) is 5.60. The molecule has 0 aliphatic carbocycles. The topological polar surface area (TPSA) is 59.8 Å². The molecule has 0 bridgehead atoms. The van der Waals surface area contributed by atoms with E-state index in [0.717, 1.165) is 22.5 Å². The molecule has 22 heavy (non-hydrogen) atoms. The molecule has 0 aliphatic rings. The van der Waals surface area contributed by atoms with E-state index in [2.05, 4.69) is 33.7 Å². The Morgan fingerprint density at radius 1 is 1.18 bits per heavy atom. The lowest BCUT2D eigenvalue weighted by Gasteiger charge is -2.06. The molecule has 1 amide bonds. The van der Waals surface area contributed by atoms with Crippen molar-refractivity contribution >= 4 is 22.6 Å². The first-order valence-corrected chi connectivity index (χ1v) is 7.24. The predicted octanol–water partition coefficient (Wildman–Crippen LogP) is 3.34. The summed E-state index contributed by atoms with van der Waals surface area (Å²) >= 11 is 0. The van der Waals surface area contributed by atoms with Crippen molar-refractivity contribution in [3.63, 3.8) is 0 Å². The van der Waals surface area contributed by atoms with E-state index in [-0.39, 0.29) is 5.91 Å². The second-order valence-corrected chi connectivity index (χ2v) is 5.58. The highest BCUT2D eigenvalue weighted by atomic mass is 16.1. The number of rotatable bonds is 3. The lowest BCUT2D eigenvalue weighted by molar-refractivity contribution is 0.102. The highest BCUT2D eigenvalue weighted by Gasteiger charge is 2.12. The van der Waals surface area contributed by atoms with Crippen LogP contribution in [-0.4, -0.2) is 20.4 Å². The maximum absolute atomic E-state index is 12.2. The molecule has 0 spiro atoms. The lowest BCUT2D eigenvalue weighted by atomic mass is 10.2. The van der Waals surface area contributed by atoms with Gasteiger partial charge in [-0.15, -0.1) is 0 Å². The lowest BCUT2D eigenvalue weighted by Crippen LogP contribution is -2.11. The van der Waals surface area contributed by atoms with E-state index in [1.165, 1.54) is 0 Å². The average Bonchev–Trinajstić information content (AvgIpc) is 2.85. The van der Waals surface area contributed by atoms with Crippen LogP contribution in [0.2, 0.25) is 0 Å². The van der Waals surface area contributed by atoms with Gasteiger partial charge in [0.05, 0.1) is 11.0 Å². The van der Waals surface area contributed by atoms with Gasteiger partial charge in [0, 0.05) is 36.6 Å². The number of aromatic nitrogens is 3. The third kappa shape index (κ3) is 2.57. The van der Waals surface area contributed by atoms with Crippen molar-refractivity contribution in [2.45, 2.75) is 19.8 Å². The van der Waals surface area contributed by atoms with Crippen LogP contribution < -0.4 is 5.32 Å². The molecule has 0 radical (unpaired) electrons. The second-order valence-electron chi connectivity index (χ2n) is 5.58. The number of nitrogens with one attached hydrogen (secondary N) is 1. The van der Waals surface area contributed by atoms with E-state index >= 15 is 0 Å². The Morgan fingerprint density at radius 3 is 2.59 bits per heavy atom. The fourth-order valence-electron chi connectivity index (χ4n) is 2.52. The smallest absolute Gasteiger partial charge is 0.255 e. The summed E-state index contributed by atoms with van der Waals surface area (Å²) in [6.07, 6.45) is 3.21. The number of hydrogen-bond acceptors (Lipinski definition) is 3. The minimum Gasteiger partial charge on any atom is -0.331 e. The summed E-state index contributed by atoms with van der Waals surface area (Å²) in [5, 5.41) is 2.89. The summed E-state index contributed by atoms with van der Waals surface area (Å²) in [6.45, 7) is 4.24. The van der Waals surface area contributed by atoms with Crippen LogP contribution in [0.1, 0.15) is 35.9 Å². The summed E-state index contributed by atoms with van der Waals surface area (Å²) in [6, 6.07) is 9.15. The molecule has 0 aliphatic heterocycles. The number of pyridine rings is 1. The highest BCUT2D eigenvalue weighted by Crippen LogP contribution is 2.23. The van der Waals surface area contributed by atoms with Crippen LogP contribution in [0, 0.1) is 0 Å². The number of hydrogen-bond donors (Lipinski definition) is 1. The first-order chi connectivity index (χ1) is 10.6. The van der Waals surface area contributed by atoms with E-state index in [4.69, 9.17) is 0 Å². The van der Waals surface area contributed by atoms with E-state index in [9.17, 15) is 4.79 Å². The number of carbonyl (C=O) groups excluding carboxylic acids is 1. The fourth-order valence-corrected chi connectivity index (χ4v) is 2.52. The van der Waals surface area contributed by atoms with Gasteiger partial charge in [0.2, 0.25) is 0 Å². The molecule has 1 N–H and O–H groups in total. The van der Waals surface area contributed by atoms with E-state index in [0.29, 0.717) is 11.5 Å². The molecule has 2 aromatic heterocycles. The molecular weight excluding hydrogens is 276 g/mol. The molecule has 0 unspecified atom stereocenters. The molecule has 2 heterocycles. The standard InChI is InChI=1S/C17H18N4O/c1-11(2)16-20-14-10-13(4-5-15(14)21(16)3)19-17(22)12-6-8-18-9-7-12/h4-11H,1-3H3,(H,19,22). The van der Waals surface area contributed by atoms with Crippen molar-refractivity contribution < 1.29 is 4.79 Å². The summed E-state index contributed by atoms with van der Waals surface area (Å²) in [5.41, 5.74) is 3.27. The Bertz CT molecular complexity index is 821. The Hall–Kier alpha value is -2.69. The van der Waals surface area contributed by atoms with E-state index < -0.39 is 0 Å². The van der Waals surface area contributed by atoms with Crippen LogP contribution in [0.5, 0.6) is 0 Å². The first-order valence-electron chi connectivity index (χ1n) is 7.24. The van der Waals surface area contributed by atoms with Crippen LogP contribution in [0.3, 0.4) is 0 Å². The molecular formula is C17H18N4O. The Labute approximate surface area is 129 Å². The molecule has 3 rings (SSSR count). The summed E-state index contributed by atoms with van der Waals surface area (Å²) < 4.78 is 2.09. The SMILES string of the molecule is CC(C)c1nc2cc(NC(=O)c3ccncc3)ccc2n1C. The quantitative estimate of drug-likeness (QED) is 0.806. The summed E-state index contributed by atoms with van der Waals surface area (Å²) in [4.78, 5) is 20.7. The van der Waals surface area contributed by atoms with Gasteiger partial charge in [-0.1, -0.05) is 13.8 Å². The maximum atomic E-state index is 12.2. The van der Waals surface area contributed by atoms with Gasteiger partial charge < -0.3 is 9.88 Å². The van der Waals surface area contributed by atoms with Gasteiger partial charge in [0.1, 0.15) is 5.82 Å². The Morgan fingerprint density at radius 2 is 1.91 bits per heavy atom. The maximum Gasteiger partial charge on any atom is 0.255 e. The van der Waals surface area contributed by atoms with Gasteiger partial charge in [-0.25, -0.2) is 4.98 Å². The summed E-state index contributed by atoms with van der Waals surface area (Å²) in [5.74, 6) is 1.24. The minimum absolute atomic E-state index is 0.151. The Kier molecular flexibility index (Phi) is 3.63. The van der Waals surface area contributed by atoms with Crippen molar-refractivity contribution in [3.8, 4) is 0 Å². The van der Waals surface area contributed by atoms with E-state index in [1.54, 1.807) is 24.5 Å². The third-order valence-corrected chi connectivity index (χ3v) is 3.63. The number of fused-ring (bicyclic) bond motifs is 1. The third-order valence-electron chi connectivity index (χ3n) is 3.63. The van der Waals surface area contributed by atoms with E-state index in [1.807, 2.05) is 25.2 Å². The zero-order valence-corrected chi connectivity index (χ0v) is 12.9. The zero-order valence-electron chi connectivity index (χ0n) is 12.9. The van der Waals surface area contributed by atoms with Gasteiger partial charge >= 0.3 is 0 Å².